The molecule has 0 saturated heterocycles. The Morgan fingerprint density at radius 1 is 1.56 bits per heavy atom. The number of alkyl halides is 3. The zero-order valence-electron chi connectivity index (χ0n) is 8.91. The monoisotopic (exact) mass is 261 g/mol. The van der Waals surface area contributed by atoms with E-state index >= 15 is 0 Å². The molecule has 18 heavy (non-hydrogen) atoms. The normalized spacial score (nSPS) is 10.6. The first kappa shape index (κ1) is 13.6. The van der Waals surface area contributed by atoms with Crippen molar-refractivity contribution in [1.82, 2.24) is 4.98 Å². The standard InChI is InChI=1S/C9H6F3N3O3/c1-17-8(16)4-2-6(18-9(10,11)12)7(14)15-5(4)3-13/h2H,1H3,(H2,14,15). The van der Waals surface area contributed by atoms with Gasteiger partial charge in [-0.1, -0.05) is 0 Å². The third-order valence-electron chi connectivity index (χ3n) is 1.75. The van der Waals surface area contributed by atoms with E-state index in [1.165, 1.54) is 6.07 Å². The second-order valence-corrected chi connectivity index (χ2v) is 2.92. The Bertz CT molecular complexity index is 522. The van der Waals surface area contributed by atoms with Crippen LogP contribution in [-0.2, 0) is 4.74 Å². The van der Waals surface area contributed by atoms with E-state index in [-0.39, 0.29) is 0 Å². The molecule has 1 aromatic heterocycles. The Balaban J connectivity index is 3.31. The first-order valence-electron chi connectivity index (χ1n) is 4.33. The number of nitrogen functional groups attached to an aromatic ring is 1. The number of methoxy groups -OCH3 is 1. The molecule has 0 spiro atoms. The number of pyridine rings is 1. The average molecular weight is 261 g/mol. The molecule has 9 heteroatoms. The predicted molar refractivity (Wildman–Crippen MR) is 51.4 cm³/mol. The van der Waals surface area contributed by atoms with Crippen molar-refractivity contribution in [3.05, 3.63) is 17.3 Å². The Morgan fingerprint density at radius 3 is 2.61 bits per heavy atom. The van der Waals surface area contributed by atoms with Crippen molar-refractivity contribution in [2.45, 2.75) is 6.36 Å². The van der Waals surface area contributed by atoms with Crippen LogP contribution in [0.5, 0.6) is 5.75 Å². The summed E-state index contributed by atoms with van der Waals surface area (Å²) in [5.41, 5.74) is 4.26. The van der Waals surface area contributed by atoms with E-state index in [0.29, 0.717) is 6.07 Å². The predicted octanol–water partition coefficient (Wildman–Crippen LogP) is 1.22. The van der Waals surface area contributed by atoms with Crippen LogP contribution in [0.15, 0.2) is 6.07 Å². The second kappa shape index (κ2) is 4.79. The first-order chi connectivity index (χ1) is 8.28. The van der Waals surface area contributed by atoms with Gasteiger partial charge in [0.05, 0.1) is 12.7 Å². The molecule has 0 fully saturated rings. The summed E-state index contributed by atoms with van der Waals surface area (Å²) >= 11 is 0. The maximum atomic E-state index is 12.0. The highest BCUT2D eigenvalue weighted by Crippen LogP contribution is 2.29. The van der Waals surface area contributed by atoms with Gasteiger partial charge in [-0.05, 0) is 0 Å². The van der Waals surface area contributed by atoms with Crippen molar-refractivity contribution < 1.29 is 27.4 Å². The molecule has 0 bridgehead atoms. The van der Waals surface area contributed by atoms with Crippen molar-refractivity contribution in [2.75, 3.05) is 12.8 Å². The molecule has 0 aliphatic rings. The molecule has 6 nitrogen and oxygen atoms in total. The van der Waals surface area contributed by atoms with Crippen molar-refractivity contribution in [3.8, 4) is 11.8 Å². The van der Waals surface area contributed by atoms with E-state index < -0.39 is 35.2 Å². The Morgan fingerprint density at radius 2 is 2.17 bits per heavy atom. The molecule has 1 rings (SSSR count). The van der Waals surface area contributed by atoms with E-state index in [1.807, 2.05) is 0 Å². The highest BCUT2D eigenvalue weighted by atomic mass is 19.4. The maximum Gasteiger partial charge on any atom is 0.573 e. The molecule has 96 valence electrons. The number of nitrogens with two attached hydrogens (primary N) is 1. The number of ether oxygens (including phenoxy) is 2. The molecular formula is C9H6F3N3O3. The van der Waals surface area contributed by atoms with E-state index in [2.05, 4.69) is 14.5 Å². The Labute approximate surface area is 98.7 Å². The average Bonchev–Trinajstić information content (AvgIpc) is 2.28. The molecule has 0 aromatic carbocycles. The van der Waals surface area contributed by atoms with E-state index in [1.54, 1.807) is 0 Å². The summed E-state index contributed by atoms with van der Waals surface area (Å²) in [4.78, 5) is 14.6. The van der Waals surface area contributed by atoms with Crippen molar-refractivity contribution >= 4 is 11.8 Å². The zero-order chi connectivity index (χ0) is 13.9. The van der Waals surface area contributed by atoms with Gasteiger partial charge in [0.25, 0.3) is 0 Å². The molecule has 0 aliphatic heterocycles. The SMILES string of the molecule is COC(=O)c1cc(OC(F)(F)F)c(N)nc1C#N. The molecular weight excluding hydrogens is 255 g/mol. The minimum absolute atomic E-state index is 0.450. The number of carbonyl (C=O) groups excluding carboxylic acids is 1. The second-order valence-electron chi connectivity index (χ2n) is 2.92. The highest BCUT2D eigenvalue weighted by molar-refractivity contribution is 5.92. The number of esters is 1. The van der Waals surface area contributed by atoms with Gasteiger partial charge in [-0.25, -0.2) is 9.78 Å². The summed E-state index contributed by atoms with van der Waals surface area (Å²) in [6.07, 6.45) is -4.99. The molecule has 0 saturated carbocycles. The molecule has 0 unspecified atom stereocenters. The van der Waals surface area contributed by atoms with Crippen molar-refractivity contribution in [2.24, 2.45) is 0 Å². The third kappa shape index (κ3) is 3.00. The van der Waals surface area contributed by atoms with Crippen LogP contribution in [-0.4, -0.2) is 24.4 Å². The quantitative estimate of drug-likeness (QED) is 0.803. The molecule has 2 N–H and O–H groups in total. The van der Waals surface area contributed by atoms with Gasteiger partial charge in [-0.2, -0.15) is 5.26 Å². The minimum Gasteiger partial charge on any atom is -0.465 e. The van der Waals surface area contributed by atoms with Gasteiger partial charge < -0.3 is 15.2 Å². The molecule has 1 heterocycles. The number of halogens is 3. The summed E-state index contributed by atoms with van der Waals surface area (Å²) in [5.74, 6) is -2.55. The molecule has 0 atom stereocenters. The van der Waals surface area contributed by atoms with Gasteiger partial charge in [0.2, 0.25) is 0 Å². The number of hydrogen-bond acceptors (Lipinski definition) is 6. The van der Waals surface area contributed by atoms with E-state index in [0.717, 1.165) is 7.11 Å². The number of carbonyl (C=O) groups is 1. The highest BCUT2D eigenvalue weighted by Gasteiger charge is 2.33. The van der Waals surface area contributed by atoms with E-state index in [4.69, 9.17) is 11.0 Å². The molecule has 1 aromatic rings. The maximum absolute atomic E-state index is 12.0. The van der Waals surface area contributed by atoms with Crippen LogP contribution in [0.1, 0.15) is 16.1 Å². The van der Waals surface area contributed by atoms with Crippen LogP contribution in [0.3, 0.4) is 0 Å². The van der Waals surface area contributed by atoms with Crippen LogP contribution in [0.2, 0.25) is 0 Å². The van der Waals surface area contributed by atoms with Crippen LogP contribution in [0, 0.1) is 11.3 Å². The zero-order valence-corrected chi connectivity index (χ0v) is 8.91. The number of aromatic nitrogens is 1. The van der Waals surface area contributed by atoms with Gasteiger partial charge in [0.15, 0.2) is 17.3 Å². The third-order valence-corrected chi connectivity index (χ3v) is 1.75. The van der Waals surface area contributed by atoms with Gasteiger partial charge >= 0.3 is 12.3 Å². The fourth-order valence-electron chi connectivity index (χ4n) is 1.07. The lowest BCUT2D eigenvalue weighted by atomic mass is 10.2. The number of rotatable bonds is 2. The number of hydrogen-bond donors (Lipinski definition) is 1. The van der Waals surface area contributed by atoms with Gasteiger partial charge in [0, 0.05) is 6.07 Å². The number of nitriles is 1. The number of nitrogens with zero attached hydrogens (tertiary/aromatic N) is 2. The Kier molecular flexibility index (Phi) is 3.61. The summed E-state index contributed by atoms with van der Waals surface area (Å²) in [6.45, 7) is 0. The van der Waals surface area contributed by atoms with Crippen LogP contribution in [0.4, 0.5) is 19.0 Å². The smallest absolute Gasteiger partial charge is 0.465 e. The molecule has 0 amide bonds. The number of anilines is 1. The molecule has 0 radical (unpaired) electrons. The first-order valence-corrected chi connectivity index (χ1v) is 4.33. The van der Waals surface area contributed by atoms with Crippen LogP contribution < -0.4 is 10.5 Å². The lowest BCUT2D eigenvalue weighted by Crippen LogP contribution is -2.19. The summed E-state index contributed by atoms with van der Waals surface area (Å²) < 4.78 is 44.0. The van der Waals surface area contributed by atoms with Crippen LogP contribution in [0.25, 0.3) is 0 Å². The largest absolute Gasteiger partial charge is 0.573 e. The molecule has 0 aliphatic carbocycles. The lowest BCUT2D eigenvalue weighted by Gasteiger charge is -2.11. The summed E-state index contributed by atoms with van der Waals surface area (Å²) in [6, 6.07) is 2.17. The van der Waals surface area contributed by atoms with Crippen molar-refractivity contribution in [3.63, 3.8) is 0 Å². The van der Waals surface area contributed by atoms with Gasteiger partial charge in [-0.3, -0.25) is 0 Å². The fourth-order valence-corrected chi connectivity index (χ4v) is 1.07. The Hall–Kier alpha value is -2.50. The van der Waals surface area contributed by atoms with E-state index in [9.17, 15) is 18.0 Å². The lowest BCUT2D eigenvalue weighted by molar-refractivity contribution is -0.274. The minimum atomic E-state index is -4.99. The van der Waals surface area contributed by atoms with Crippen molar-refractivity contribution in [1.29, 1.82) is 5.26 Å². The summed E-state index contributed by atoms with van der Waals surface area (Å²) in [7, 11) is 1.00. The topological polar surface area (TPSA) is 98.2 Å². The van der Waals surface area contributed by atoms with Gasteiger partial charge in [-0.15, -0.1) is 13.2 Å². The van der Waals surface area contributed by atoms with Crippen LogP contribution >= 0.6 is 0 Å². The van der Waals surface area contributed by atoms with Gasteiger partial charge in [0.1, 0.15) is 6.07 Å². The fraction of sp³-hybridized carbons (Fsp3) is 0.222. The summed E-state index contributed by atoms with van der Waals surface area (Å²) in [5, 5.41) is 8.67.